The van der Waals surface area contributed by atoms with Gasteiger partial charge >= 0.3 is 0 Å². The Hall–Kier alpha value is -2.36. The van der Waals surface area contributed by atoms with Crippen LogP contribution in [-0.4, -0.2) is 24.8 Å². The number of benzene rings is 3. The van der Waals surface area contributed by atoms with E-state index in [0.29, 0.717) is 12.5 Å². The van der Waals surface area contributed by atoms with Gasteiger partial charge in [-0.2, -0.15) is 0 Å². The van der Waals surface area contributed by atoms with Crippen LogP contribution in [0.15, 0.2) is 83.3 Å². The summed E-state index contributed by atoms with van der Waals surface area (Å²) in [6.07, 6.45) is 4.24. The zero-order chi connectivity index (χ0) is 22.3. The minimum Gasteiger partial charge on any atom is -0.396 e. The molecule has 0 radical (unpaired) electrons. The lowest BCUT2D eigenvalue weighted by Crippen LogP contribution is -2.33. The number of hydrogen-bond donors (Lipinski definition) is 1. The van der Waals surface area contributed by atoms with Gasteiger partial charge < -0.3 is 10.0 Å². The Kier molecular flexibility index (Phi) is 7.83. The molecule has 0 spiro atoms. The van der Waals surface area contributed by atoms with E-state index in [0.717, 1.165) is 30.4 Å². The van der Waals surface area contributed by atoms with E-state index < -0.39 is 0 Å². The molecule has 0 saturated carbocycles. The standard InChI is InChI=1S/C29H32BrNO/c1-2-28(23-6-4-3-5-7-23)29(24-8-12-26(30)13-9-24)25-10-14-27(15-11-25)31-19-16-22(17-20-31)18-21-32/h3-15,22,32H,2,16-21H2,1H3/b29-28-. The average molecular weight is 490 g/mol. The monoisotopic (exact) mass is 489 g/mol. The van der Waals surface area contributed by atoms with Crippen molar-refractivity contribution in [2.45, 2.75) is 32.6 Å². The molecule has 166 valence electrons. The van der Waals surface area contributed by atoms with Gasteiger partial charge in [0.25, 0.3) is 0 Å². The molecule has 0 atom stereocenters. The molecule has 1 heterocycles. The van der Waals surface area contributed by atoms with Crippen molar-refractivity contribution in [2.75, 3.05) is 24.6 Å². The van der Waals surface area contributed by atoms with Gasteiger partial charge in [-0.25, -0.2) is 0 Å². The number of hydrogen-bond acceptors (Lipinski definition) is 2. The minimum absolute atomic E-state index is 0.311. The molecule has 1 N–H and O–H groups in total. The highest BCUT2D eigenvalue weighted by Gasteiger charge is 2.19. The first-order chi connectivity index (χ1) is 15.7. The average Bonchev–Trinajstić information content (AvgIpc) is 2.85. The third kappa shape index (κ3) is 5.33. The first-order valence-electron chi connectivity index (χ1n) is 11.7. The van der Waals surface area contributed by atoms with Crippen molar-refractivity contribution in [3.05, 3.63) is 100 Å². The summed E-state index contributed by atoms with van der Waals surface area (Å²) < 4.78 is 1.10. The van der Waals surface area contributed by atoms with Gasteiger partial charge in [0.05, 0.1) is 0 Å². The second-order valence-corrected chi connectivity index (χ2v) is 9.49. The van der Waals surface area contributed by atoms with E-state index in [1.54, 1.807) is 0 Å². The number of halogens is 1. The molecule has 0 aliphatic carbocycles. The molecule has 4 rings (SSSR count). The van der Waals surface area contributed by atoms with Crippen LogP contribution in [0.4, 0.5) is 5.69 Å². The molecule has 1 aliphatic rings. The molecule has 0 unspecified atom stereocenters. The topological polar surface area (TPSA) is 23.5 Å². The van der Waals surface area contributed by atoms with Gasteiger partial charge in [0.1, 0.15) is 0 Å². The highest BCUT2D eigenvalue weighted by atomic mass is 79.9. The third-order valence-electron chi connectivity index (χ3n) is 6.58. The van der Waals surface area contributed by atoms with Gasteiger partial charge in [-0.15, -0.1) is 0 Å². The quantitative estimate of drug-likeness (QED) is 0.349. The van der Waals surface area contributed by atoms with Crippen molar-refractivity contribution in [1.29, 1.82) is 0 Å². The van der Waals surface area contributed by atoms with Crippen LogP contribution in [0.3, 0.4) is 0 Å². The van der Waals surface area contributed by atoms with Crippen LogP contribution in [0, 0.1) is 5.92 Å². The van der Waals surface area contributed by atoms with E-state index in [1.807, 2.05) is 0 Å². The Balaban J connectivity index is 1.68. The van der Waals surface area contributed by atoms with Crippen LogP contribution >= 0.6 is 15.9 Å². The predicted octanol–water partition coefficient (Wildman–Crippen LogP) is 7.42. The Bertz CT molecular complexity index is 1020. The van der Waals surface area contributed by atoms with Gasteiger partial charge in [-0.05, 0) is 83.7 Å². The summed E-state index contributed by atoms with van der Waals surface area (Å²) in [6.45, 7) is 4.70. The molecule has 1 saturated heterocycles. The minimum atomic E-state index is 0.311. The van der Waals surface area contributed by atoms with Crippen molar-refractivity contribution in [3.8, 4) is 0 Å². The molecule has 3 heteroatoms. The molecule has 3 aromatic rings. The Morgan fingerprint density at radius 3 is 2.00 bits per heavy atom. The summed E-state index contributed by atoms with van der Waals surface area (Å²) in [5.74, 6) is 0.667. The summed E-state index contributed by atoms with van der Waals surface area (Å²) in [5, 5.41) is 9.22. The van der Waals surface area contributed by atoms with Crippen LogP contribution in [0.1, 0.15) is 49.3 Å². The van der Waals surface area contributed by atoms with Gasteiger partial charge in [0, 0.05) is 29.9 Å². The fourth-order valence-corrected chi connectivity index (χ4v) is 5.06. The van der Waals surface area contributed by atoms with E-state index in [1.165, 1.54) is 46.4 Å². The zero-order valence-corrected chi connectivity index (χ0v) is 20.4. The Morgan fingerprint density at radius 1 is 0.844 bits per heavy atom. The molecule has 1 fully saturated rings. The second kappa shape index (κ2) is 11.0. The van der Waals surface area contributed by atoms with Crippen molar-refractivity contribution >= 4 is 32.8 Å². The Labute approximate surface area is 200 Å². The summed E-state index contributed by atoms with van der Waals surface area (Å²) in [6, 6.07) is 28.5. The Morgan fingerprint density at radius 2 is 1.44 bits per heavy atom. The van der Waals surface area contributed by atoms with E-state index in [2.05, 4.69) is 107 Å². The molecule has 3 aromatic carbocycles. The molecule has 0 aromatic heterocycles. The second-order valence-electron chi connectivity index (χ2n) is 8.57. The molecular weight excluding hydrogens is 458 g/mol. The lowest BCUT2D eigenvalue weighted by atomic mass is 9.88. The first kappa shape index (κ1) is 22.8. The number of piperidine rings is 1. The van der Waals surface area contributed by atoms with Crippen LogP contribution in [0.2, 0.25) is 0 Å². The van der Waals surface area contributed by atoms with Crippen LogP contribution in [-0.2, 0) is 0 Å². The summed E-state index contributed by atoms with van der Waals surface area (Å²) in [7, 11) is 0. The number of aliphatic hydroxyl groups is 1. The molecule has 0 amide bonds. The maximum absolute atomic E-state index is 9.22. The summed E-state index contributed by atoms with van der Waals surface area (Å²) in [5.41, 5.74) is 7.75. The summed E-state index contributed by atoms with van der Waals surface area (Å²) >= 11 is 3.58. The number of anilines is 1. The van der Waals surface area contributed by atoms with Crippen LogP contribution < -0.4 is 4.90 Å². The number of allylic oxidation sites excluding steroid dienone is 1. The molecule has 32 heavy (non-hydrogen) atoms. The highest BCUT2D eigenvalue weighted by Crippen LogP contribution is 2.36. The van der Waals surface area contributed by atoms with Crippen molar-refractivity contribution in [3.63, 3.8) is 0 Å². The fourth-order valence-electron chi connectivity index (χ4n) is 4.80. The molecule has 2 nitrogen and oxygen atoms in total. The third-order valence-corrected chi connectivity index (χ3v) is 7.11. The summed E-state index contributed by atoms with van der Waals surface area (Å²) in [4.78, 5) is 2.48. The normalized spacial score (nSPS) is 15.5. The van der Waals surface area contributed by atoms with Gasteiger partial charge in [-0.3, -0.25) is 0 Å². The van der Waals surface area contributed by atoms with Crippen molar-refractivity contribution in [1.82, 2.24) is 0 Å². The van der Waals surface area contributed by atoms with Gasteiger partial charge in [0.2, 0.25) is 0 Å². The fraction of sp³-hybridized carbons (Fsp3) is 0.310. The highest BCUT2D eigenvalue weighted by molar-refractivity contribution is 9.10. The number of rotatable bonds is 7. The van der Waals surface area contributed by atoms with Crippen molar-refractivity contribution < 1.29 is 5.11 Å². The predicted molar refractivity (Wildman–Crippen MR) is 140 cm³/mol. The SMILES string of the molecule is CC/C(=C(\c1ccc(Br)cc1)c1ccc(N2CCC(CCO)CC2)cc1)c1ccccc1. The van der Waals surface area contributed by atoms with Crippen LogP contribution in [0.25, 0.3) is 11.1 Å². The van der Waals surface area contributed by atoms with Crippen molar-refractivity contribution in [2.24, 2.45) is 5.92 Å². The maximum atomic E-state index is 9.22. The molecule has 0 bridgehead atoms. The largest absolute Gasteiger partial charge is 0.396 e. The van der Waals surface area contributed by atoms with E-state index >= 15 is 0 Å². The van der Waals surface area contributed by atoms with Gasteiger partial charge in [0.15, 0.2) is 0 Å². The lowest BCUT2D eigenvalue weighted by Gasteiger charge is -2.33. The van der Waals surface area contributed by atoms with E-state index in [9.17, 15) is 5.11 Å². The molecular formula is C29H32BrNO. The smallest absolute Gasteiger partial charge is 0.0433 e. The lowest BCUT2D eigenvalue weighted by molar-refractivity contribution is 0.240. The zero-order valence-electron chi connectivity index (χ0n) is 18.8. The molecule has 1 aliphatic heterocycles. The van der Waals surface area contributed by atoms with E-state index in [-0.39, 0.29) is 0 Å². The maximum Gasteiger partial charge on any atom is 0.0433 e. The van der Waals surface area contributed by atoms with Gasteiger partial charge in [-0.1, -0.05) is 77.5 Å². The number of aliphatic hydroxyl groups excluding tert-OH is 1. The number of nitrogens with zero attached hydrogens (tertiary/aromatic N) is 1. The van der Waals surface area contributed by atoms with E-state index in [4.69, 9.17) is 0 Å². The van der Waals surface area contributed by atoms with Crippen LogP contribution in [0.5, 0.6) is 0 Å². The first-order valence-corrected chi connectivity index (χ1v) is 12.5.